The summed E-state index contributed by atoms with van der Waals surface area (Å²) < 4.78 is 0. The minimum Gasteiger partial charge on any atom is -0.339 e. The second-order valence-corrected chi connectivity index (χ2v) is 7.87. The molecule has 0 saturated heterocycles. The molecule has 7 heteroatoms. The SMILES string of the molecule is Cc1ccc(-c2c(C)sc3ncnc(Nc4cccc([N+](=O)[O-])c4)c23)cc1C. The van der Waals surface area contributed by atoms with Crippen LogP contribution in [0.25, 0.3) is 21.3 Å². The van der Waals surface area contributed by atoms with Crippen LogP contribution in [-0.2, 0) is 0 Å². The molecule has 28 heavy (non-hydrogen) atoms. The summed E-state index contributed by atoms with van der Waals surface area (Å²) in [5.41, 5.74) is 5.32. The van der Waals surface area contributed by atoms with E-state index in [1.54, 1.807) is 23.5 Å². The van der Waals surface area contributed by atoms with Crippen LogP contribution < -0.4 is 5.32 Å². The van der Waals surface area contributed by atoms with Gasteiger partial charge in [-0.2, -0.15) is 0 Å². The second kappa shape index (κ2) is 7.01. The van der Waals surface area contributed by atoms with E-state index < -0.39 is 4.92 Å². The van der Waals surface area contributed by atoms with Crippen LogP contribution in [-0.4, -0.2) is 14.9 Å². The molecule has 6 nitrogen and oxygen atoms in total. The number of aromatic nitrogens is 2. The number of hydrogen-bond acceptors (Lipinski definition) is 6. The van der Waals surface area contributed by atoms with E-state index in [-0.39, 0.29) is 5.69 Å². The molecule has 0 aliphatic heterocycles. The molecule has 2 aromatic carbocycles. The highest BCUT2D eigenvalue weighted by molar-refractivity contribution is 7.19. The number of nitro groups is 1. The van der Waals surface area contributed by atoms with Crippen molar-refractivity contribution in [3.8, 4) is 11.1 Å². The predicted molar refractivity (Wildman–Crippen MR) is 113 cm³/mol. The number of hydrogen-bond donors (Lipinski definition) is 1. The minimum absolute atomic E-state index is 0.0335. The Kier molecular flexibility index (Phi) is 4.52. The van der Waals surface area contributed by atoms with Crippen LogP contribution in [0.3, 0.4) is 0 Å². The van der Waals surface area contributed by atoms with Crippen LogP contribution >= 0.6 is 11.3 Å². The molecule has 1 N–H and O–H groups in total. The first kappa shape index (κ1) is 18.1. The Labute approximate surface area is 166 Å². The average molecular weight is 390 g/mol. The number of rotatable bonds is 4. The molecule has 0 bridgehead atoms. The number of non-ortho nitro benzene ring substituents is 1. The molecular formula is C21H18N4O2S. The van der Waals surface area contributed by atoms with Crippen LogP contribution in [0.15, 0.2) is 48.8 Å². The highest BCUT2D eigenvalue weighted by Crippen LogP contribution is 2.41. The molecule has 0 fully saturated rings. The zero-order valence-corrected chi connectivity index (χ0v) is 16.5. The molecule has 0 aliphatic carbocycles. The maximum atomic E-state index is 11.1. The Bertz CT molecular complexity index is 1220. The number of aryl methyl sites for hydroxylation is 3. The fraction of sp³-hybridized carbons (Fsp3) is 0.143. The zero-order valence-electron chi connectivity index (χ0n) is 15.7. The van der Waals surface area contributed by atoms with Crippen molar-refractivity contribution in [1.29, 1.82) is 0 Å². The molecule has 0 atom stereocenters. The lowest BCUT2D eigenvalue weighted by Crippen LogP contribution is -1.97. The van der Waals surface area contributed by atoms with Gasteiger partial charge < -0.3 is 5.32 Å². The van der Waals surface area contributed by atoms with Crippen molar-refractivity contribution in [2.75, 3.05) is 5.32 Å². The molecule has 4 aromatic rings. The molecule has 2 heterocycles. The van der Waals surface area contributed by atoms with Gasteiger partial charge in [0.2, 0.25) is 0 Å². The fourth-order valence-electron chi connectivity index (χ4n) is 3.22. The standard InChI is InChI=1S/C21H18N4O2S/c1-12-7-8-15(9-13(12)2)18-14(3)28-21-19(18)20(22-11-23-21)24-16-5-4-6-17(10-16)25(26)27/h4-11H,1-3H3,(H,22,23,24). The smallest absolute Gasteiger partial charge is 0.271 e. The Morgan fingerprint density at radius 3 is 2.61 bits per heavy atom. The molecule has 0 saturated carbocycles. The molecule has 0 radical (unpaired) electrons. The Balaban J connectivity index is 1.87. The quantitative estimate of drug-likeness (QED) is 0.345. The van der Waals surface area contributed by atoms with Gasteiger partial charge in [-0.15, -0.1) is 11.3 Å². The minimum atomic E-state index is -0.407. The number of anilines is 2. The maximum Gasteiger partial charge on any atom is 0.271 e. The van der Waals surface area contributed by atoms with Gasteiger partial charge in [-0.05, 0) is 43.5 Å². The summed E-state index contributed by atoms with van der Waals surface area (Å²) in [4.78, 5) is 21.6. The van der Waals surface area contributed by atoms with E-state index in [0.717, 1.165) is 26.2 Å². The van der Waals surface area contributed by atoms with Gasteiger partial charge in [0.05, 0.1) is 10.3 Å². The summed E-state index contributed by atoms with van der Waals surface area (Å²) in [5, 5.41) is 15.2. The van der Waals surface area contributed by atoms with Crippen molar-refractivity contribution in [3.63, 3.8) is 0 Å². The first-order chi connectivity index (χ1) is 13.4. The third kappa shape index (κ3) is 3.20. The van der Waals surface area contributed by atoms with E-state index in [2.05, 4.69) is 54.3 Å². The van der Waals surface area contributed by atoms with Gasteiger partial charge in [0.1, 0.15) is 17.0 Å². The normalized spacial score (nSPS) is 11.0. The summed E-state index contributed by atoms with van der Waals surface area (Å²) in [6, 6.07) is 12.8. The number of benzene rings is 2. The number of nitrogens with zero attached hydrogens (tertiary/aromatic N) is 3. The van der Waals surface area contributed by atoms with Gasteiger partial charge in [-0.3, -0.25) is 10.1 Å². The monoisotopic (exact) mass is 390 g/mol. The van der Waals surface area contributed by atoms with Gasteiger partial charge in [-0.1, -0.05) is 24.3 Å². The van der Waals surface area contributed by atoms with E-state index >= 15 is 0 Å². The van der Waals surface area contributed by atoms with Crippen molar-refractivity contribution < 1.29 is 4.92 Å². The summed E-state index contributed by atoms with van der Waals surface area (Å²) >= 11 is 1.62. The lowest BCUT2D eigenvalue weighted by molar-refractivity contribution is -0.384. The number of nitro benzene ring substituents is 1. The molecule has 0 aliphatic rings. The Morgan fingerprint density at radius 2 is 1.86 bits per heavy atom. The third-order valence-corrected chi connectivity index (χ3v) is 5.79. The summed E-state index contributed by atoms with van der Waals surface area (Å²) in [7, 11) is 0. The average Bonchev–Trinajstić information content (AvgIpc) is 3.01. The van der Waals surface area contributed by atoms with Crippen molar-refractivity contribution in [2.24, 2.45) is 0 Å². The molecule has 0 unspecified atom stereocenters. The molecular weight excluding hydrogens is 372 g/mol. The van der Waals surface area contributed by atoms with E-state index in [4.69, 9.17) is 0 Å². The van der Waals surface area contributed by atoms with E-state index in [0.29, 0.717) is 11.5 Å². The summed E-state index contributed by atoms with van der Waals surface area (Å²) in [6.07, 6.45) is 1.52. The second-order valence-electron chi connectivity index (χ2n) is 6.67. The summed E-state index contributed by atoms with van der Waals surface area (Å²) in [5.74, 6) is 0.642. The predicted octanol–water partition coefficient (Wildman–Crippen LogP) is 5.94. The van der Waals surface area contributed by atoms with Crippen molar-refractivity contribution >= 4 is 38.7 Å². The number of fused-ring (bicyclic) bond motifs is 1. The zero-order chi connectivity index (χ0) is 19.8. The van der Waals surface area contributed by atoms with Crippen molar-refractivity contribution in [1.82, 2.24) is 9.97 Å². The molecule has 2 aromatic heterocycles. The van der Waals surface area contributed by atoms with Gasteiger partial charge in [0.25, 0.3) is 5.69 Å². The molecule has 0 spiro atoms. The highest BCUT2D eigenvalue weighted by atomic mass is 32.1. The van der Waals surface area contributed by atoms with E-state index in [1.807, 2.05) is 0 Å². The van der Waals surface area contributed by atoms with Crippen LogP contribution in [0.1, 0.15) is 16.0 Å². The number of nitrogens with one attached hydrogen (secondary N) is 1. The van der Waals surface area contributed by atoms with Crippen LogP contribution in [0.4, 0.5) is 17.2 Å². The summed E-state index contributed by atoms with van der Waals surface area (Å²) in [6.45, 7) is 6.27. The van der Waals surface area contributed by atoms with Crippen LogP contribution in [0.2, 0.25) is 0 Å². The van der Waals surface area contributed by atoms with Gasteiger partial charge in [-0.25, -0.2) is 9.97 Å². The lowest BCUT2D eigenvalue weighted by Gasteiger charge is -2.10. The Morgan fingerprint density at radius 1 is 1.04 bits per heavy atom. The van der Waals surface area contributed by atoms with Crippen molar-refractivity contribution in [2.45, 2.75) is 20.8 Å². The lowest BCUT2D eigenvalue weighted by atomic mass is 9.99. The van der Waals surface area contributed by atoms with Crippen molar-refractivity contribution in [3.05, 3.63) is 74.9 Å². The van der Waals surface area contributed by atoms with Crippen LogP contribution in [0, 0.1) is 30.9 Å². The maximum absolute atomic E-state index is 11.1. The first-order valence-corrected chi connectivity index (χ1v) is 9.59. The highest BCUT2D eigenvalue weighted by Gasteiger charge is 2.18. The van der Waals surface area contributed by atoms with E-state index in [1.165, 1.54) is 29.6 Å². The third-order valence-electron chi connectivity index (χ3n) is 4.78. The first-order valence-electron chi connectivity index (χ1n) is 8.77. The fourth-order valence-corrected chi connectivity index (χ4v) is 4.23. The molecule has 0 amide bonds. The van der Waals surface area contributed by atoms with E-state index in [9.17, 15) is 10.1 Å². The molecule has 4 rings (SSSR count). The van der Waals surface area contributed by atoms with Gasteiger partial charge in [0.15, 0.2) is 0 Å². The topological polar surface area (TPSA) is 81.0 Å². The molecule has 140 valence electrons. The number of thiophene rings is 1. The Hall–Kier alpha value is -3.32. The largest absolute Gasteiger partial charge is 0.339 e. The van der Waals surface area contributed by atoms with Crippen LogP contribution in [0.5, 0.6) is 0 Å². The van der Waals surface area contributed by atoms with Gasteiger partial charge >= 0.3 is 0 Å². The van der Waals surface area contributed by atoms with Gasteiger partial charge in [0, 0.05) is 28.3 Å².